The van der Waals surface area contributed by atoms with E-state index in [0.717, 1.165) is 5.82 Å². The first-order valence-electron chi connectivity index (χ1n) is 4.18. The molecule has 13 heavy (non-hydrogen) atoms. The second kappa shape index (κ2) is 2.31. The van der Waals surface area contributed by atoms with Crippen LogP contribution in [-0.4, -0.2) is 25.8 Å². The molecule has 0 bridgehead atoms. The van der Waals surface area contributed by atoms with Gasteiger partial charge in [-0.3, -0.25) is 9.48 Å². The van der Waals surface area contributed by atoms with Gasteiger partial charge in [0, 0.05) is 7.05 Å². The Hall–Kier alpha value is -1.39. The number of nitrogens with zero attached hydrogens (tertiary/aromatic N) is 3. The number of rotatable bonds is 2. The van der Waals surface area contributed by atoms with Gasteiger partial charge in [0.05, 0.1) is 0 Å². The van der Waals surface area contributed by atoms with Gasteiger partial charge in [0.15, 0.2) is 5.82 Å². The molecular formula is C8H11N3O2. The van der Waals surface area contributed by atoms with Gasteiger partial charge in [0.25, 0.3) is 0 Å². The molecule has 5 heteroatoms. The van der Waals surface area contributed by atoms with E-state index in [0.29, 0.717) is 18.7 Å². The van der Waals surface area contributed by atoms with Crippen LogP contribution in [0.25, 0.3) is 0 Å². The van der Waals surface area contributed by atoms with Gasteiger partial charge in [0.1, 0.15) is 11.2 Å². The van der Waals surface area contributed by atoms with Crippen molar-refractivity contribution in [3.05, 3.63) is 11.6 Å². The molecule has 1 N–H and O–H groups in total. The van der Waals surface area contributed by atoms with E-state index in [1.54, 1.807) is 11.7 Å². The molecule has 1 saturated carbocycles. The summed E-state index contributed by atoms with van der Waals surface area (Å²) < 4.78 is 1.61. The summed E-state index contributed by atoms with van der Waals surface area (Å²) in [5.74, 6) is 0.403. The van der Waals surface area contributed by atoms with E-state index in [9.17, 15) is 4.79 Å². The summed E-state index contributed by atoms with van der Waals surface area (Å²) in [6.07, 6.45) is 1.32. The number of hydrogen-bond donors (Lipinski definition) is 1. The standard InChI is InChI=1S/C8H11N3O2/c1-5-9-6(10-11(5)2)8(3-4-8)7(12)13/h3-4H2,1-2H3,(H,12,13). The monoisotopic (exact) mass is 181 g/mol. The summed E-state index contributed by atoms with van der Waals surface area (Å²) in [6.45, 7) is 1.81. The van der Waals surface area contributed by atoms with Crippen molar-refractivity contribution in [1.29, 1.82) is 0 Å². The summed E-state index contributed by atoms with van der Waals surface area (Å²) in [5.41, 5.74) is -0.772. The molecule has 0 atom stereocenters. The highest BCUT2D eigenvalue weighted by Crippen LogP contribution is 2.46. The van der Waals surface area contributed by atoms with Crippen LogP contribution in [0.15, 0.2) is 0 Å². The predicted molar refractivity (Wildman–Crippen MR) is 44.3 cm³/mol. The van der Waals surface area contributed by atoms with Crippen LogP contribution in [0.2, 0.25) is 0 Å². The molecule has 70 valence electrons. The van der Waals surface area contributed by atoms with E-state index in [4.69, 9.17) is 5.11 Å². The van der Waals surface area contributed by atoms with Crippen LogP contribution in [0.4, 0.5) is 0 Å². The molecule has 1 aromatic heterocycles. The van der Waals surface area contributed by atoms with Gasteiger partial charge in [-0.15, -0.1) is 0 Å². The Labute approximate surface area is 75.4 Å². The van der Waals surface area contributed by atoms with Crippen LogP contribution in [-0.2, 0) is 17.3 Å². The van der Waals surface area contributed by atoms with Crippen molar-refractivity contribution in [2.24, 2.45) is 7.05 Å². The van der Waals surface area contributed by atoms with E-state index < -0.39 is 11.4 Å². The Balaban J connectivity index is 2.41. The van der Waals surface area contributed by atoms with Crippen molar-refractivity contribution in [2.75, 3.05) is 0 Å². The highest BCUT2D eigenvalue weighted by Gasteiger charge is 2.55. The van der Waals surface area contributed by atoms with Crippen LogP contribution >= 0.6 is 0 Å². The molecule has 1 fully saturated rings. The SMILES string of the molecule is Cc1nc(C2(C(=O)O)CC2)nn1C. The minimum atomic E-state index is -0.807. The summed E-state index contributed by atoms with van der Waals surface area (Å²) in [6, 6.07) is 0. The van der Waals surface area contributed by atoms with Crippen LogP contribution in [0, 0.1) is 6.92 Å². The zero-order valence-electron chi connectivity index (χ0n) is 7.61. The van der Waals surface area contributed by atoms with Crippen molar-refractivity contribution in [1.82, 2.24) is 14.8 Å². The van der Waals surface area contributed by atoms with Gasteiger partial charge in [0.2, 0.25) is 0 Å². The van der Waals surface area contributed by atoms with Crippen molar-refractivity contribution in [2.45, 2.75) is 25.2 Å². The number of aryl methyl sites for hydroxylation is 2. The maximum absolute atomic E-state index is 10.9. The number of aliphatic carboxylic acids is 1. The molecule has 2 rings (SSSR count). The van der Waals surface area contributed by atoms with E-state index in [1.807, 2.05) is 6.92 Å². The fraction of sp³-hybridized carbons (Fsp3) is 0.625. The molecule has 0 spiro atoms. The Bertz CT molecular complexity index is 346. The topological polar surface area (TPSA) is 68.0 Å². The van der Waals surface area contributed by atoms with E-state index >= 15 is 0 Å². The lowest BCUT2D eigenvalue weighted by Gasteiger charge is -2.02. The highest BCUT2D eigenvalue weighted by atomic mass is 16.4. The third-order valence-electron chi connectivity index (χ3n) is 2.57. The third kappa shape index (κ3) is 1.03. The molecule has 0 radical (unpaired) electrons. The largest absolute Gasteiger partial charge is 0.480 e. The molecule has 0 unspecified atom stereocenters. The molecular weight excluding hydrogens is 170 g/mol. The first-order chi connectivity index (χ1) is 6.06. The number of carboxylic acids is 1. The average molecular weight is 181 g/mol. The third-order valence-corrected chi connectivity index (χ3v) is 2.57. The normalized spacial score (nSPS) is 18.6. The molecule has 0 aromatic carbocycles. The first-order valence-corrected chi connectivity index (χ1v) is 4.18. The summed E-state index contributed by atoms with van der Waals surface area (Å²) in [4.78, 5) is 15.1. The fourth-order valence-electron chi connectivity index (χ4n) is 1.32. The lowest BCUT2D eigenvalue weighted by Crippen LogP contribution is -2.21. The Morgan fingerprint density at radius 3 is 2.54 bits per heavy atom. The quantitative estimate of drug-likeness (QED) is 0.709. The molecule has 5 nitrogen and oxygen atoms in total. The van der Waals surface area contributed by atoms with Crippen molar-refractivity contribution >= 4 is 5.97 Å². The Kier molecular flexibility index (Phi) is 1.46. The molecule has 1 aliphatic rings. The zero-order chi connectivity index (χ0) is 9.64. The maximum atomic E-state index is 10.9. The average Bonchev–Trinajstić information content (AvgIpc) is 2.77. The molecule has 0 saturated heterocycles. The number of aromatic nitrogens is 3. The second-order valence-electron chi connectivity index (χ2n) is 3.49. The minimum Gasteiger partial charge on any atom is -0.480 e. The summed E-state index contributed by atoms with van der Waals surface area (Å²) >= 11 is 0. The Morgan fingerprint density at radius 2 is 2.23 bits per heavy atom. The first kappa shape index (κ1) is 8.22. The molecule has 1 heterocycles. The number of carboxylic acid groups (broad SMARTS) is 1. The Morgan fingerprint density at radius 1 is 1.62 bits per heavy atom. The maximum Gasteiger partial charge on any atom is 0.317 e. The van der Waals surface area contributed by atoms with Gasteiger partial charge in [-0.1, -0.05) is 0 Å². The van der Waals surface area contributed by atoms with Gasteiger partial charge in [-0.2, -0.15) is 5.10 Å². The van der Waals surface area contributed by atoms with Crippen LogP contribution < -0.4 is 0 Å². The zero-order valence-corrected chi connectivity index (χ0v) is 7.61. The lowest BCUT2D eigenvalue weighted by molar-refractivity contribution is -0.140. The van der Waals surface area contributed by atoms with Crippen LogP contribution in [0.1, 0.15) is 24.5 Å². The van der Waals surface area contributed by atoms with Gasteiger partial charge in [-0.05, 0) is 19.8 Å². The molecule has 1 aromatic rings. The molecule has 0 aliphatic heterocycles. The minimum absolute atomic E-state index is 0.458. The van der Waals surface area contributed by atoms with Crippen molar-refractivity contribution in [3.8, 4) is 0 Å². The van der Waals surface area contributed by atoms with Gasteiger partial charge in [-0.25, -0.2) is 4.98 Å². The van der Waals surface area contributed by atoms with Gasteiger partial charge >= 0.3 is 5.97 Å². The highest BCUT2D eigenvalue weighted by molar-refractivity contribution is 5.83. The van der Waals surface area contributed by atoms with Gasteiger partial charge < -0.3 is 5.11 Å². The van der Waals surface area contributed by atoms with Crippen LogP contribution in [0.5, 0.6) is 0 Å². The second-order valence-corrected chi connectivity index (χ2v) is 3.49. The lowest BCUT2D eigenvalue weighted by atomic mass is 10.1. The van der Waals surface area contributed by atoms with E-state index in [-0.39, 0.29) is 0 Å². The summed E-state index contributed by atoms with van der Waals surface area (Å²) in [7, 11) is 1.77. The fourth-order valence-corrected chi connectivity index (χ4v) is 1.32. The van der Waals surface area contributed by atoms with E-state index in [2.05, 4.69) is 10.1 Å². The smallest absolute Gasteiger partial charge is 0.317 e. The summed E-state index contributed by atoms with van der Waals surface area (Å²) in [5, 5.41) is 13.1. The number of carbonyl (C=O) groups is 1. The van der Waals surface area contributed by atoms with Crippen LogP contribution in [0.3, 0.4) is 0 Å². The van der Waals surface area contributed by atoms with Crippen molar-refractivity contribution < 1.29 is 9.90 Å². The molecule has 1 aliphatic carbocycles. The van der Waals surface area contributed by atoms with E-state index in [1.165, 1.54) is 0 Å². The molecule has 0 amide bonds. The van der Waals surface area contributed by atoms with Crippen molar-refractivity contribution in [3.63, 3.8) is 0 Å². The number of hydrogen-bond acceptors (Lipinski definition) is 3. The predicted octanol–water partition coefficient (Wildman–Crippen LogP) is 0.240.